The van der Waals surface area contributed by atoms with E-state index in [2.05, 4.69) is 29.1 Å². The Morgan fingerprint density at radius 3 is 2.86 bits per heavy atom. The van der Waals surface area contributed by atoms with Gasteiger partial charge in [0.25, 0.3) is 0 Å². The molecule has 22 heavy (non-hydrogen) atoms. The van der Waals surface area contributed by atoms with E-state index in [4.69, 9.17) is 9.26 Å². The van der Waals surface area contributed by atoms with Gasteiger partial charge in [0, 0.05) is 31.3 Å². The lowest BCUT2D eigenvalue weighted by molar-refractivity contribution is -0.0426. The van der Waals surface area contributed by atoms with Gasteiger partial charge in [-0.25, -0.2) is 0 Å². The van der Waals surface area contributed by atoms with Gasteiger partial charge < -0.3 is 14.2 Å². The van der Waals surface area contributed by atoms with Crippen LogP contribution in [0.4, 0.5) is 0 Å². The van der Waals surface area contributed by atoms with Crippen LogP contribution in [0.25, 0.3) is 11.3 Å². The zero-order chi connectivity index (χ0) is 15.4. The molecule has 1 atom stereocenters. The molecule has 5 heteroatoms. The fraction of sp³-hybridized carbons (Fsp3) is 0.471. The van der Waals surface area contributed by atoms with Gasteiger partial charge in [0.1, 0.15) is 5.69 Å². The third-order valence-electron chi connectivity index (χ3n) is 3.80. The molecule has 0 aliphatic carbocycles. The van der Waals surface area contributed by atoms with Gasteiger partial charge in [-0.05, 0) is 14.1 Å². The minimum absolute atomic E-state index is 0.264. The highest BCUT2D eigenvalue weighted by Gasteiger charge is 2.22. The van der Waals surface area contributed by atoms with Crippen molar-refractivity contribution in [3.63, 3.8) is 0 Å². The van der Waals surface area contributed by atoms with E-state index in [0.717, 1.165) is 49.8 Å². The smallest absolute Gasteiger partial charge is 0.151 e. The van der Waals surface area contributed by atoms with E-state index in [1.165, 1.54) is 0 Å². The highest BCUT2D eigenvalue weighted by Crippen LogP contribution is 2.20. The number of aromatic nitrogens is 1. The molecule has 0 spiro atoms. The molecule has 1 fully saturated rings. The number of rotatable bonds is 5. The van der Waals surface area contributed by atoms with Crippen LogP contribution in [0.2, 0.25) is 0 Å². The SMILES string of the molecule is CN(C)C[C@@H]1CN(Cc2cc(-c3ccccc3)no2)CCO1. The monoisotopic (exact) mass is 301 g/mol. The Morgan fingerprint density at radius 2 is 2.09 bits per heavy atom. The van der Waals surface area contributed by atoms with Gasteiger partial charge in [0.2, 0.25) is 0 Å². The summed E-state index contributed by atoms with van der Waals surface area (Å²) in [4.78, 5) is 4.53. The normalized spacial score (nSPS) is 19.7. The minimum atomic E-state index is 0.264. The zero-order valence-electron chi connectivity index (χ0n) is 13.2. The number of nitrogens with zero attached hydrogens (tertiary/aromatic N) is 3. The molecule has 2 heterocycles. The van der Waals surface area contributed by atoms with Gasteiger partial charge in [0.05, 0.1) is 19.3 Å². The number of benzene rings is 1. The number of hydrogen-bond acceptors (Lipinski definition) is 5. The van der Waals surface area contributed by atoms with Crippen molar-refractivity contribution in [2.45, 2.75) is 12.6 Å². The van der Waals surface area contributed by atoms with E-state index in [1.807, 2.05) is 36.4 Å². The first-order valence-corrected chi connectivity index (χ1v) is 7.70. The third kappa shape index (κ3) is 3.94. The lowest BCUT2D eigenvalue weighted by Gasteiger charge is -2.33. The van der Waals surface area contributed by atoms with E-state index in [9.17, 15) is 0 Å². The van der Waals surface area contributed by atoms with Gasteiger partial charge in [0.15, 0.2) is 5.76 Å². The summed E-state index contributed by atoms with van der Waals surface area (Å²) < 4.78 is 11.3. The van der Waals surface area contributed by atoms with E-state index in [1.54, 1.807) is 0 Å². The molecular weight excluding hydrogens is 278 g/mol. The Hall–Kier alpha value is -1.69. The largest absolute Gasteiger partial charge is 0.374 e. The fourth-order valence-corrected chi connectivity index (χ4v) is 2.79. The molecule has 1 aliphatic rings. The number of morpholine rings is 1. The van der Waals surface area contributed by atoms with Crippen molar-refractivity contribution in [1.29, 1.82) is 0 Å². The second-order valence-electron chi connectivity index (χ2n) is 6.03. The maximum Gasteiger partial charge on any atom is 0.151 e. The fourth-order valence-electron chi connectivity index (χ4n) is 2.79. The molecule has 5 nitrogen and oxygen atoms in total. The van der Waals surface area contributed by atoms with Crippen molar-refractivity contribution in [3.05, 3.63) is 42.2 Å². The molecule has 3 rings (SSSR count). The number of ether oxygens (including phenoxy) is 1. The quantitative estimate of drug-likeness (QED) is 0.846. The Labute approximate surface area is 131 Å². The lowest BCUT2D eigenvalue weighted by Crippen LogP contribution is -2.45. The summed E-state index contributed by atoms with van der Waals surface area (Å²) >= 11 is 0. The summed E-state index contributed by atoms with van der Waals surface area (Å²) in [5.74, 6) is 0.907. The first kappa shape index (κ1) is 15.2. The second-order valence-corrected chi connectivity index (χ2v) is 6.03. The molecule has 2 aromatic rings. The summed E-state index contributed by atoms with van der Waals surface area (Å²) in [6, 6.07) is 12.1. The summed E-state index contributed by atoms with van der Waals surface area (Å²) in [5.41, 5.74) is 1.98. The highest BCUT2D eigenvalue weighted by atomic mass is 16.5. The van der Waals surface area contributed by atoms with Crippen molar-refractivity contribution in [3.8, 4) is 11.3 Å². The molecule has 0 amide bonds. The van der Waals surface area contributed by atoms with E-state index in [-0.39, 0.29) is 6.10 Å². The van der Waals surface area contributed by atoms with Crippen molar-refractivity contribution >= 4 is 0 Å². The predicted molar refractivity (Wildman–Crippen MR) is 85.5 cm³/mol. The van der Waals surface area contributed by atoms with Gasteiger partial charge in [-0.2, -0.15) is 0 Å². The van der Waals surface area contributed by atoms with Crippen molar-refractivity contribution in [2.24, 2.45) is 0 Å². The Morgan fingerprint density at radius 1 is 1.27 bits per heavy atom. The van der Waals surface area contributed by atoms with Gasteiger partial charge in [-0.1, -0.05) is 35.5 Å². The molecule has 1 saturated heterocycles. The average molecular weight is 301 g/mol. The average Bonchev–Trinajstić information content (AvgIpc) is 2.96. The van der Waals surface area contributed by atoms with E-state index >= 15 is 0 Å². The van der Waals surface area contributed by atoms with E-state index in [0.29, 0.717) is 0 Å². The maximum absolute atomic E-state index is 5.80. The molecule has 1 aromatic heterocycles. The van der Waals surface area contributed by atoms with Crippen LogP contribution in [0.5, 0.6) is 0 Å². The molecule has 0 bridgehead atoms. The van der Waals surface area contributed by atoms with Gasteiger partial charge in [-0.3, -0.25) is 4.90 Å². The standard InChI is InChI=1S/C17H23N3O2/c1-19(2)11-16-13-20(8-9-21-16)12-15-10-17(18-22-15)14-6-4-3-5-7-14/h3-7,10,16H,8-9,11-13H2,1-2H3/t16-/m1/s1. The first-order valence-electron chi connectivity index (χ1n) is 7.70. The van der Waals surface area contributed by atoms with Crippen molar-refractivity contribution in [1.82, 2.24) is 15.0 Å². The molecule has 1 aromatic carbocycles. The maximum atomic E-state index is 5.80. The molecule has 118 valence electrons. The Kier molecular flexibility index (Phi) is 4.87. The summed E-state index contributed by atoms with van der Waals surface area (Å²) in [6.45, 7) is 4.37. The van der Waals surface area contributed by atoms with Crippen LogP contribution in [0.15, 0.2) is 40.9 Å². The van der Waals surface area contributed by atoms with Crippen LogP contribution < -0.4 is 0 Å². The Bertz CT molecular complexity index is 583. The number of likely N-dealkylation sites (N-methyl/N-ethyl adjacent to an activating group) is 1. The second kappa shape index (κ2) is 7.05. The van der Waals surface area contributed by atoms with Gasteiger partial charge >= 0.3 is 0 Å². The van der Waals surface area contributed by atoms with Crippen LogP contribution in [-0.4, -0.2) is 61.4 Å². The van der Waals surface area contributed by atoms with Crippen LogP contribution in [0, 0.1) is 0 Å². The van der Waals surface area contributed by atoms with Crippen molar-refractivity contribution in [2.75, 3.05) is 40.3 Å². The number of hydrogen-bond donors (Lipinski definition) is 0. The summed E-state index contributed by atoms with van der Waals surface area (Å²) in [5, 5.41) is 4.18. The van der Waals surface area contributed by atoms with Crippen LogP contribution in [0.3, 0.4) is 0 Å². The Balaban J connectivity index is 1.60. The summed E-state index contributed by atoms with van der Waals surface area (Å²) in [7, 11) is 4.15. The zero-order valence-corrected chi connectivity index (χ0v) is 13.2. The van der Waals surface area contributed by atoms with Crippen LogP contribution >= 0.6 is 0 Å². The highest BCUT2D eigenvalue weighted by molar-refractivity contribution is 5.58. The summed E-state index contributed by atoms with van der Waals surface area (Å²) in [6.07, 6.45) is 0.264. The molecule has 0 saturated carbocycles. The molecule has 0 N–H and O–H groups in total. The van der Waals surface area contributed by atoms with Crippen molar-refractivity contribution < 1.29 is 9.26 Å². The first-order chi connectivity index (χ1) is 10.7. The predicted octanol–water partition coefficient (Wildman–Crippen LogP) is 2.10. The van der Waals surface area contributed by atoms with Crippen LogP contribution in [0.1, 0.15) is 5.76 Å². The third-order valence-corrected chi connectivity index (χ3v) is 3.80. The van der Waals surface area contributed by atoms with E-state index < -0.39 is 0 Å². The molecule has 1 aliphatic heterocycles. The lowest BCUT2D eigenvalue weighted by atomic mass is 10.1. The van der Waals surface area contributed by atoms with Crippen LogP contribution in [-0.2, 0) is 11.3 Å². The molecular formula is C17H23N3O2. The topological polar surface area (TPSA) is 41.7 Å². The molecule has 0 unspecified atom stereocenters. The van der Waals surface area contributed by atoms with Gasteiger partial charge in [-0.15, -0.1) is 0 Å². The molecule has 0 radical (unpaired) electrons. The minimum Gasteiger partial charge on any atom is -0.374 e.